The van der Waals surface area contributed by atoms with E-state index in [-0.39, 0.29) is 24.2 Å². The fraction of sp³-hybridized carbons (Fsp3) is 0.500. The highest BCUT2D eigenvalue weighted by Gasteiger charge is 2.55. The summed E-state index contributed by atoms with van der Waals surface area (Å²) >= 11 is 0. The molecule has 1 aliphatic carbocycles. The number of sulfonamides is 1. The maximum atomic E-state index is 12.9. The number of urea groups is 1. The number of nitrogens with zero attached hydrogens (tertiary/aromatic N) is 1. The third-order valence-corrected chi connectivity index (χ3v) is 5.92. The first kappa shape index (κ1) is 19.3. The molecule has 0 aromatic heterocycles. The molecule has 3 rings (SSSR count). The van der Waals surface area contributed by atoms with Gasteiger partial charge in [-0.05, 0) is 43.0 Å². The van der Waals surface area contributed by atoms with Gasteiger partial charge in [-0.25, -0.2) is 13.2 Å². The SMILES string of the molecule is C[C@@H]1CCCC[C@@]12NC(=O)N(CC(=O)c1ccc(NS(C)(=O)=O)cc1)C2=O. The lowest BCUT2D eigenvalue weighted by molar-refractivity contribution is -0.133. The van der Waals surface area contributed by atoms with E-state index in [0.29, 0.717) is 17.7 Å². The highest BCUT2D eigenvalue weighted by atomic mass is 32.2. The number of carbonyl (C=O) groups is 3. The number of Topliss-reactive ketones (excluding diaryl/α,β-unsaturated/α-hetero) is 1. The Labute approximate surface area is 158 Å². The van der Waals surface area contributed by atoms with E-state index >= 15 is 0 Å². The summed E-state index contributed by atoms with van der Waals surface area (Å²) in [6.07, 6.45) is 4.38. The topological polar surface area (TPSA) is 113 Å². The van der Waals surface area contributed by atoms with Crippen LogP contribution in [0.2, 0.25) is 0 Å². The Bertz CT molecular complexity index is 881. The average Bonchev–Trinajstić information content (AvgIpc) is 2.82. The van der Waals surface area contributed by atoms with Gasteiger partial charge in [-0.2, -0.15) is 0 Å². The molecule has 1 aromatic rings. The number of ketones is 1. The second-order valence-corrected chi connectivity index (χ2v) is 9.06. The quantitative estimate of drug-likeness (QED) is 0.584. The van der Waals surface area contributed by atoms with Crippen LogP contribution in [0.1, 0.15) is 43.0 Å². The fourth-order valence-corrected chi connectivity index (χ4v) is 4.38. The van der Waals surface area contributed by atoms with Crippen LogP contribution in [0.3, 0.4) is 0 Å². The molecule has 1 aromatic carbocycles. The predicted molar refractivity (Wildman–Crippen MR) is 99.8 cm³/mol. The van der Waals surface area contributed by atoms with Crippen molar-refractivity contribution in [3.05, 3.63) is 29.8 Å². The van der Waals surface area contributed by atoms with E-state index in [1.807, 2.05) is 6.92 Å². The van der Waals surface area contributed by atoms with Crippen LogP contribution in [-0.2, 0) is 14.8 Å². The molecule has 2 fully saturated rings. The van der Waals surface area contributed by atoms with Gasteiger partial charge in [0.1, 0.15) is 5.54 Å². The summed E-state index contributed by atoms with van der Waals surface area (Å²) in [6, 6.07) is 5.33. The van der Waals surface area contributed by atoms with Crippen LogP contribution >= 0.6 is 0 Å². The summed E-state index contributed by atoms with van der Waals surface area (Å²) in [6.45, 7) is 1.62. The van der Waals surface area contributed by atoms with E-state index in [4.69, 9.17) is 0 Å². The lowest BCUT2D eigenvalue weighted by atomic mass is 9.73. The maximum Gasteiger partial charge on any atom is 0.325 e. The van der Waals surface area contributed by atoms with E-state index in [1.54, 1.807) is 0 Å². The smallest absolute Gasteiger partial charge is 0.323 e. The van der Waals surface area contributed by atoms with Gasteiger partial charge in [0.05, 0.1) is 12.8 Å². The molecule has 3 amide bonds. The molecular weight excluding hydrogens is 370 g/mol. The number of nitrogens with one attached hydrogen (secondary N) is 2. The molecule has 0 bridgehead atoms. The number of hydrogen-bond acceptors (Lipinski definition) is 5. The van der Waals surface area contributed by atoms with Crippen molar-refractivity contribution in [3.8, 4) is 0 Å². The van der Waals surface area contributed by atoms with Crippen LogP contribution in [0.5, 0.6) is 0 Å². The van der Waals surface area contributed by atoms with Crippen molar-refractivity contribution in [2.45, 2.75) is 38.1 Å². The number of carbonyl (C=O) groups excluding carboxylic acids is 3. The molecule has 9 heteroatoms. The van der Waals surface area contributed by atoms with Crippen molar-refractivity contribution in [2.24, 2.45) is 5.92 Å². The molecule has 0 unspecified atom stereocenters. The van der Waals surface area contributed by atoms with Gasteiger partial charge in [-0.15, -0.1) is 0 Å². The Balaban J connectivity index is 1.72. The van der Waals surface area contributed by atoms with Crippen molar-refractivity contribution >= 4 is 33.4 Å². The molecule has 1 spiro atoms. The van der Waals surface area contributed by atoms with Gasteiger partial charge in [-0.1, -0.05) is 19.8 Å². The first-order valence-corrected chi connectivity index (χ1v) is 10.8. The number of benzene rings is 1. The third-order valence-electron chi connectivity index (χ3n) is 5.31. The number of imide groups is 1. The summed E-state index contributed by atoms with van der Waals surface area (Å²) in [5.41, 5.74) is -0.259. The minimum Gasteiger partial charge on any atom is -0.323 e. The molecule has 8 nitrogen and oxygen atoms in total. The number of anilines is 1. The normalized spacial score (nSPS) is 25.6. The van der Waals surface area contributed by atoms with Crippen LogP contribution in [0.25, 0.3) is 0 Å². The van der Waals surface area contributed by atoms with E-state index in [9.17, 15) is 22.8 Å². The van der Waals surface area contributed by atoms with Crippen LogP contribution in [0.15, 0.2) is 24.3 Å². The van der Waals surface area contributed by atoms with Gasteiger partial charge in [0, 0.05) is 11.3 Å². The predicted octanol–water partition coefficient (Wildman–Crippen LogP) is 1.74. The standard InChI is InChI=1S/C18H23N3O5S/c1-12-5-3-4-10-18(12)16(23)21(17(24)19-18)11-15(22)13-6-8-14(9-7-13)20-27(2,25)26/h6-9,12,20H,3-5,10-11H2,1-2H3,(H,19,24)/t12-,18-/m1/s1. The lowest BCUT2D eigenvalue weighted by Crippen LogP contribution is -2.54. The second-order valence-electron chi connectivity index (χ2n) is 7.31. The largest absolute Gasteiger partial charge is 0.325 e. The maximum absolute atomic E-state index is 12.9. The molecule has 27 heavy (non-hydrogen) atoms. The Kier molecular flexibility index (Phi) is 4.98. The van der Waals surface area contributed by atoms with Gasteiger partial charge in [0.15, 0.2) is 5.78 Å². The minimum atomic E-state index is -3.41. The van der Waals surface area contributed by atoms with Crippen molar-refractivity contribution in [1.82, 2.24) is 10.2 Å². The molecule has 0 radical (unpaired) electrons. The molecule has 2 aliphatic rings. The number of rotatable bonds is 5. The van der Waals surface area contributed by atoms with Gasteiger partial charge in [-0.3, -0.25) is 19.2 Å². The van der Waals surface area contributed by atoms with Crippen LogP contribution in [-0.4, -0.2) is 49.4 Å². The monoisotopic (exact) mass is 393 g/mol. The Morgan fingerprint density at radius 1 is 1.26 bits per heavy atom. The molecule has 2 N–H and O–H groups in total. The summed E-state index contributed by atoms with van der Waals surface area (Å²) in [5, 5.41) is 2.82. The van der Waals surface area contributed by atoms with Crippen molar-refractivity contribution in [1.29, 1.82) is 0 Å². The van der Waals surface area contributed by atoms with E-state index in [0.717, 1.165) is 30.4 Å². The number of amides is 3. The van der Waals surface area contributed by atoms with Crippen molar-refractivity contribution in [2.75, 3.05) is 17.5 Å². The Morgan fingerprint density at radius 3 is 2.52 bits per heavy atom. The summed E-state index contributed by atoms with van der Waals surface area (Å²) in [4.78, 5) is 38.8. The van der Waals surface area contributed by atoms with Gasteiger partial charge < -0.3 is 5.32 Å². The van der Waals surface area contributed by atoms with E-state index < -0.39 is 21.6 Å². The van der Waals surface area contributed by atoms with Crippen molar-refractivity contribution in [3.63, 3.8) is 0 Å². The first-order valence-electron chi connectivity index (χ1n) is 8.87. The zero-order valence-electron chi connectivity index (χ0n) is 15.3. The summed E-state index contributed by atoms with van der Waals surface area (Å²) < 4.78 is 24.8. The lowest BCUT2D eigenvalue weighted by Gasteiger charge is -2.36. The number of hydrogen-bond donors (Lipinski definition) is 2. The molecule has 1 aliphatic heterocycles. The minimum absolute atomic E-state index is 0.0316. The average molecular weight is 393 g/mol. The zero-order chi connectivity index (χ0) is 19.8. The highest BCUT2D eigenvalue weighted by Crippen LogP contribution is 2.38. The van der Waals surface area contributed by atoms with Gasteiger partial charge in [0.2, 0.25) is 10.0 Å². The Hall–Kier alpha value is -2.42. The van der Waals surface area contributed by atoms with E-state index in [2.05, 4.69) is 10.0 Å². The summed E-state index contributed by atoms with van der Waals surface area (Å²) in [5.74, 6) is -0.683. The van der Waals surface area contributed by atoms with Crippen LogP contribution in [0, 0.1) is 5.92 Å². The molecular formula is C18H23N3O5S. The Morgan fingerprint density at radius 2 is 1.93 bits per heavy atom. The fourth-order valence-electron chi connectivity index (χ4n) is 3.81. The molecule has 1 saturated heterocycles. The molecule has 1 heterocycles. The highest BCUT2D eigenvalue weighted by molar-refractivity contribution is 7.92. The molecule has 1 saturated carbocycles. The third kappa shape index (κ3) is 3.83. The molecule has 2 atom stereocenters. The van der Waals surface area contributed by atoms with Crippen LogP contribution in [0.4, 0.5) is 10.5 Å². The zero-order valence-corrected chi connectivity index (χ0v) is 16.1. The van der Waals surface area contributed by atoms with Crippen LogP contribution < -0.4 is 10.0 Å². The summed E-state index contributed by atoms with van der Waals surface area (Å²) in [7, 11) is -3.41. The van der Waals surface area contributed by atoms with Gasteiger partial charge in [0.25, 0.3) is 5.91 Å². The van der Waals surface area contributed by atoms with Gasteiger partial charge >= 0.3 is 6.03 Å². The first-order chi connectivity index (χ1) is 12.6. The molecule has 146 valence electrons. The van der Waals surface area contributed by atoms with Crippen molar-refractivity contribution < 1.29 is 22.8 Å². The second kappa shape index (κ2) is 6.95. The van der Waals surface area contributed by atoms with E-state index in [1.165, 1.54) is 24.3 Å².